The van der Waals surface area contributed by atoms with Crippen LogP contribution >= 0.6 is 15.9 Å². The summed E-state index contributed by atoms with van der Waals surface area (Å²) in [6, 6.07) is 16.3. The highest BCUT2D eigenvalue weighted by Gasteiger charge is 2.14. The number of nitrogens with zero attached hydrogens (tertiary/aromatic N) is 1. The number of hydrogen-bond donors (Lipinski definition) is 2. The Bertz CT molecular complexity index is 727. The van der Waals surface area contributed by atoms with Gasteiger partial charge in [0.25, 0.3) is 0 Å². The minimum Gasteiger partial charge on any atom is -0.382 e. The van der Waals surface area contributed by atoms with Gasteiger partial charge >= 0.3 is 0 Å². The number of nitrogen functional groups attached to an aromatic ring is 1. The molecule has 3 N–H and O–H groups in total. The van der Waals surface area contributed by atoms with Crippen molar-refractivity contribution in [2.24, 2.45) is 0 Å². The first-order valence-corrected chi connectivity index (χ1v) is 7.11. The number of hydrogen-bond acceptors (Lipinski definition) is 2. The second-order valence-electron chi connectivity index (χ2n) is 4.74. The van der Waals surface area contributed by atoms with Gasteiger partial charge in [-0.3, -0.25) is 5.10 Å². The SMILES string of the molecule is Cc1cc(Br)cc(-c2[nH]nc(N)c2-c2ccccc2)c1. The standard InChI is InChI=1S/C16H14BrN3/c1-10-7-12(9-13(17)8-10)15-14(16(18)20-19-15)11-5-3-2-4-6-11/h2-9H,1H3,(H3,18,19,20). The smallest absolute Gasteiger partial charge is 0.153 e. The molecule has 0 radical (unpaired) electrons. The van der Waals surface area contributed by atoms with E-state index in [-0.39, 0.29) is 0 Å². The normalized spacial score (nSPS) is 10.7. The van der Waals surface area contributed by atoms with Crippen molar-refractivity contribution < 1.29 is 0 Å². The summed E-state index contributed by atoms with van der Waals surface area (Å²) in [5, 5.41) is 7.21. The van der Waals surface area contributed by atoms with Crippen molar-refractivity contribution in [1.82, 2.24) is 10.2 Å². The maximum Gasteiger partial charge on any atom is 0.153 e. The Kier molecular flexibility index (Phi) is 3.32. The van der Waals surface area contributed by atoms with E-state index in [1.165, 1.54) is 5.56 Å². The second kappa shape index (κ2) is 5.13. The van der Waals surface area contributed by atoms with Crippen molar-refractivity contribution in [3.63, 3.8) is 0 Å². The van der Waals surface area contributed by atoms with E-state index in [4.69, 9.17) is 5.73 Å². The molecule has 2 aromatic carbocycles. The van der Waals surface area contributed by atoms with Crippen LogP contribution in [0.25, 0.3) is 22.4 Å². The van der Waals surface area contributed by atoms with Gasteiger partial charge in [0.05, 0.1) is 11.3 Å². The summed E-state index contributed by atoms with van der Waals surface area (Å²) in [7, 11) is 0. The van der Waals surface area contributed by atoms with Gasteiger partial charge in [0.1, 0.15) is 0 Å². The van der Waals surface area contributed by atoms with E-state index in [1.807, 2.05) is 30.3 Å². The fraction of sp³-hybridized carbons (Fsp3) is 0.0625. The minimum absolute atomic E-state index is 0.517. The largest absolute Gasteiger partial charge is 0.382 e. The van der Waals surface area contributed by atoms with Gasteiger partial charge in [-0.25, -0.2) is 0 Å². The lowest BCUT2D eigenvalue weighted by molar-refractivity contribution is 1.10. The Balaban J connectivity index is 2.21. The highest BCUT2D eigenvalue weighted by Crippen LogP contribution is 2.35. The molecule has 1 aromatic heterocycles. The maximum atomic E-state index is 6.03. The number of benzene rings is 2. The molecule has 0 aliphatic carbocycles. The van der Waals surface area contributed by atoms with Gasteiger partial charge < -0.3 is 5.73 Å². The average Bonchev–Trinajstić information content (AvgIpc) is 2.80. The highest BCUT2D eigenvalue weighted by atomic mass is 79.9. The van der Waals surface area contributed by atoms with Gasteiger partial charge in [-0.05, 0) is 36.2 Å². The molecule has 0 spiro atoms. The van der Waals surface area contributed by atoms with Crippen molar-refractivity contribution >= 4 is 21.7 Å². The molecule has 0 amide bonds. The summed E-state index contributed by atoms with van der Waals surface area (Å²) in [4.78, 5) is 0. The molecule has 0 atom stereocenters. The van der Waals surface area contributed by atoms with E-state index in [0.29, 0.717) is 5.82 Å². The number of nitrogens with two attached hydrogens (primary N) is 1. The predicted molar refractivity (Wildman–Crippen MR) is 86.3 cm³/mol. The van der Waals surface area contributed by atoms with E-state index >= 15 is 0 Å². The lowest BCUT2D eigenvalue weighted by Gasteiger charge is -2.06. The number of anilines is 1. The van der Waals surface area contributed by atoms with Gasteiger partial charge in [-0.2, -0.15) is 5.10 Å². The number of aromatic nitrogens is 2. The first-order chi connectivity index (χ1) is 9.65. The van der Waals surface area contributed by atoms with E-state index in [1.54, 1.807) is 0 Å². The van der Waals surface area contributed by atoms with Crippen molar-refractivity contribution in [2.75, 3.05) is 5.73 Å². The number of aryl methyl sites for hydroxylation is 1. The van der Waals surface area contributed by atoms with Crippen LogP contribution in [0.4, 0.5) is 5.82 Å². The summed E-state index contributed by atoms with van der Waals surface area (Å²) >= 11 is 3.53. The molecule has 100 valence electrons. The third-order valence-corrected chi connectivity index (χ3v) is 3.65. The molecule has 0 aliphatic heterocycles. The van der Waals surface area contributed by atoms with Crippen LogP contribution in [0.15, 0.2) is 53.0 Å². The Morgan fingerprint density at radius 3 is 2.50 bits per heavy atom. The number of nitrogens with one attached hydrogen (secondary N) is 1. The molecule has 0 bridgehead atoms. The van der Waals surface area contributed by atoms with E-state index in [2.05, 4.69) is 51.3 Å². The van der Waals surface area contributed by atoms with Crippen LogP contribution in [0.3, 0.4) is 0 Å². The van der Waals surface area contributed by atoms with Crippen LogP contribution in [0.2, 0.25) is 0 Å². The molecule has 0 fully saturated rings. The van der Waals surface area contributed by atoms with E-state index in [9.17, 15) is 0 Å². The predicted octanol–water partition coefficient (Wildman–Crippen LogP) is 4.40. The zero-order chi connectivity index (χ0) is 14.1. The van der Waals surface area contributed by atoms with Crippen molar-refractivity contribution in [3.05, 3.63) is 58.6 Å². The molecular formula is C16H14BrN3. The van der Waals surface area contributed by atoms with E-state index in [0.717, 1.165) is 26.9 Å². The monoisotopic (exact) mass is 327 g/mol. The highest BCUT2D eigenvalue weighted by molar-refractivity contribution is 9.10. The quantitative estimate of drug-likeness (QED) is 0.733. The van der Waals surface area contributed by atoms with E-state index < -0.39 is 0 Å². The van der Waals surface area contributed by atoms with Gasteiger partial charge in [-0.1, -0.05) is 46.3 Å². The van der Waals surface area contributed by atoms with Gasteiger partial charge in [0.15, 0.2) is 5.82 Å². The summed E-state index contributed by atoms with van der Waals surface area (Å²) in [5.41, 5.74) is 11.2. The number of rotatable bonds is 2. The van der Waals surface area contributed by atoms with Gasteiger partial charge in [0.2, 0.25) is 0 Å². The third kappa shape index (κ3) is 2.34. The van der Waals surface area contributed by atoms with Crippen LogP contribution in [0.1, 0.15) is 5.56 Å². The molecule has 20 heavy (non-hydrogen) atoms. The molecule has 3 aromatic rings. The molecule has 0 unspecified atom stereocenters. The second-order valence-corrected chi connectivity index (χ2v) is 5.66. The molecule has 0 saturated carbocycles. The topological polar surface area (TPSA) is 54.7 Å². The Labute approximate surface area is 126 Å². The van der Waals surface area contributed by atoms with Gasteiger partial charge in [0, 0.05) is 10.0 Å². The van der Waals surface area contributed by atoms with Crippen LogP contribution in [-0.2, 0) is 0 Å². The first kappa shape index (κ1) is 12.9. The summed E-state index contributed by atoms with van der Waals surface area (Å²) in [6.45, 7) is 2.07. The number of halogens is 1. The number of H-pyrrole nitrogens is 1. The average molecular weight is 328 g/mol. The zero-order valence-electron chi connectivity index (χ0n) is 11.0. The molecule has 0 saturated heterocycles. The molecular weight excluding hydrogens is 314 g/mol. The Hall–Kier alpha value is -2.07. The molecule has 1 heterocycles. The summed E-state index contributed by atoms with van der Waals surface area (Å²) in [6.07, 6.45) is 0. The lowest BCUT2D eigenvalue weighted by atomic mass is 10.00. The summed E-state index contributed by atoms with van der Waals surface area (Å²) < 4.78 is 1.04. The number of aromatic amines is 1. The van der Waals surface area contributed by atoms with Gasteiger partial charge in [-0.15, -0.1) is 0 Å². The van der Waals surface area contributed by atoms with Crippen molar-refractivity contribution in [1.29, 1.82) is 0 Å². The minimum atomic E-state index is 0.517. The maximum absolute atomic E-state index is 6.03. The van der Waals surface area contributed by atoms with Crippen molar-refractivity contribution in [2.45, 2.75) is 6.92 Å². The van der Waals surface area contributed by atoms with Crippen LogP contribution in [-0.4, -0.2) is 10.2 Å². The lowest BCUT2D eigenvalue weighted by Crippen LogP contribution is -1.89. The zero-order valence-corrected chi connectivity index (χ0v) is 12.6. The fourth-order valence-electron chi connectivity index (χ4n) is 2.34. The molecule has 0 aliphatic rings. The first-order valence-electron chi connectivity index (χ1n) is 6.32. The Morgan fingerprint density at radius 2 is 1.80 bits per heavy atom. The Morgan fingerprint density at radius 1 is 1.05 bits per heavy atom. The molecule has 3 nitrogen and oxygen atoms in total. The molecule has 4 heteroatoms. The van der Waals surface area contributed by atoms with Crippen molar-refractivity contribution in [3.8, 4) is 22.4 Å². The van der Waals surface area contributed by atoms with Crippen LogP contribution in [0, 0.1) is 6.92 Å². The van der Waals surface area contributed by atoms with Crippen LogP contribution in [0.5, 0.6) is 0 Å². The fourth-order valence-corrected chi connectivity index (χ4v) is 2.95. The third-order valence-electron chi connectivity index (χ3n) is 3.19. The summed E-state index contributed by atoms with van der Waals surface area (Å²) in [5.74, 6) is 0.517. The van der Waals surface area contributed by atoms with Crippen LogP contribution < -0.4 is 5.73 Å². The molecule has 3 rings (SSSR count).